The van der Waals surface area contributed by atoms with Gasteiger partial charge in [0.2, 0.25) is 0 Å². The number of allylic oxidation sites excluding steroid dienone is 2. The lowest BCUT2D eigenvalue weighted by molar-refractivity contribution is -0.117. The van der Waals surface area contributed by atoms with Crippen LogP contribution in [0.5, 0.6) is 0 Å². The van der Waals surface area contributed by atoms with E-state index in [1.165, 1.54) is 32.1 Å². The van der Waals surface area contributed by atoms with Crippen LogP contribution >= 0.6 is 0 Å². The highest BCUT2D eigenvalue weighted by Gasteiger charge is 1.93. The third-order valence-corrected chi connectivity index (χ3v) is 2.14. The Bertz CT molecular complexity index is 147. The van der Waals surface area contributed by atoms with Crippen LogP contribution in [0.2, 0.25) is 0 Å². The van der Waals surface area contributed by atoms with E-state index in [9.17, 15) is 4.79 Å². The van der Waals surface area contributed by atoms with Crippen molar-refractivity contribution in [2.75, 3.05) is 0 Å². The molecule has 0 heterocycles. The van der Waals surface area contributed by atoms with Gasteiger partial charge in [-0.3, -0.25) is 0 Å². The fourth-order valence-electron chi connectivity index (χ4n) is 1.33. The van der Waals surface area contributed by atoms with E-state index < -0.39 is 0 Å². The maximum Gasteiger partial charge on any atom is 0.129 e. The molecular formula is C12H22O. The Balaban J connectivity index is 2.95. The van der Waals surface area contributed by atoms with Crippen molar-refractivity contribution < 1.29 is 4.79 Å². The number of carbonyl (C=O) groups excluding carboxylic acids is 1. The summed E-state index contributed by atoms with van der Waals surface area (Å²) in [4.78, 5) is 10.6. The van der Waals surface area contributed by atoms with Crippen molar-refractivity contribution in [1.29, 1.82) is 0 Å². The lowest BCUT2D eigenvalue weighted by Gasteiger charge is -1.98. The summed E-state index contributed by atoms with van der Waals surface area (Å²) in [5.41, 5.74) is 0. The number of unbranched alkanes of at least 4 members (excludes halogenated alkanes) is 5. The average molecular weight is 182 g/mol. The van der Waals surface area contributed by atoms with Crippen molar-refractivity contribution in [3.63, 3.8) is 0 Å². The first-order valence-electron chi connectivity index (χ1n) is 5.38. The topological polar surface area (TPSA) is 17.1 Å². The second-order valence-corrected chi connectivity index (χ2v) is 3.58. The first kappa shape index (κ1) is 12.4. The number of hydrogen-bond donors (Lipinski definition) is 0. The van der Waals surface area contributed by atoms with Crippen molar-refractivity contribution in [2.45, 2.75) is 58.8 Å². The van der Waals surface area contributed by atoms with Crippen LogP contribution in [0.3, 0.4) is 0 Å². The molecular weight excluding hydrogens is 160 g/mol. The first-order valence-corrected chi connectivity index (χ1v) is 5.38. The molecule has 0 saturated heterocycles. The monoisotopic (exact) mass is 182 g/mol. The maximum atomic E-state index is 10.6. The number of carbonyl (C=O) groups is 1. The van der Waals surface area contributed by atoms with Crippen LogP contribution in [-0.2, 0) is 4.79 Å². The molecule has 0 aliphatic carbocycles. The third kappa shape index (κ3) is 11.4. The highest BCUT2D eigenvalue weighted by Crippen LogP contribution is 2.07. The molecule has 0 radical (unpaired) electrons. The molecule has 1 nitrogen and oxygen atoms in total. The molecule has 0 N–H and O–H groups in total. The Morgan fingerprint density at radius 3 is 2.31 bits per heavy atom. The SMILES string of the molecule is CC=CCCCCCCCC(C)=O. The summed E-state index contributed by atoms with van der Waals surface area (Å²) in [6, 6.07) is 0. The Hall–Kier alpha value is -0.590. The van der Waals surface area contributed by atoms with Gasteiger partial charge < -0.3 is 4.79 Å². The second-order valence-electron chi connectivity index (χ2n) is 3.58. The second kappa shape index (κ2) is 9.50. The number of ketones is 1. The van der Waals surface area contributed by atoms with Crippen LogP contribution in [0.15, 0.2) is 12.2 Å². The van der Waals surface area contributed by atoms with E-state index in [1.54, 1.807) is 6.92 Å². The van der Waals surface area contributed by atoms with Crippen molar-refractivity contribution in [3.8, 4) is 0 Å². The zero-order valence-corrected chi connectivity index (χ0v) is 9.01. The van der Waals surface area contributed by atoms with Crippen LogP contribution in [0.25, 0.3) is 0 Å². The first-order chi connectivity index (χ1) is 6.27. The molecule has 0 saturated carbocycles. The van der Waals surface area contributed by atoms with E-state index in [0.29, 0.717) is 5.78 Å². The third-order valence-electron chi connectivity index (χ3n) is 2.14. The molecule has 0 fully saturated rings. The van der Waals surface area contributed by atoms with Crippen LogP contribution in [0.4, 0.5) is 0 Å². The zero-order valence-electron chi connectivity index (χ0n) is 9.01. The molecule has 0 atom stereocenters. The van der Waals surface area contributed by atoms with Crippen molar-refractivity contribution in [1.82, 2.24) is 0 Å². The van der Waals surface area contributed by atoms with Gasteiger partial charge in [0.1, 0.15) is 5.78 Å². The van der Waals surface area contributed by atoms with Gasteiger partial charge in [0.05, 0.1) is 0 Å². The predicted molar refractivity (Wildman–Crippen MR) is 57.8 cm³/mol. The standard InChI is InChI=1S/C12H22O/c1-3-4-5-6-7-8-9-10-11-12(2)13/h3-4H,5-11H2,1-2H3. The van der Waals surface area contributed by atoms with E-state index in [0.717, 1.165) is 12.8 Å². The predicted octanol–water partition coefficient (Wildman–Crippen LogP) is 3.88. The van der Waals surface area contributed by atoms with Crippen LogP contribution in [0.1, 0.15) is 58.8 Å². The highest BCUT2D eigenvalue weighted by molar-refractivity contribution is 5.75. The summed E-state index contributed by atoms with van der Waals surface area (Å²) in [5, 5.41) is 0. The molecule has 13 heavy (non-hydrogen) atoms. The van der Waals surface area contributed by atoms with Crippen LogP contribution in [0, 0.1) is 0 Å². The van der Waals surface area contributed by atoms with Gasteiger partial charge >= 0.3 is 0 Å². The fourth-order valence-corrected chi connectivity index (χ4v) is 1.33. The van der Waals surface area contributed by atoms with Gasteiger partial charge in [-0.15, -0.1) is 0 Å². The Morgan fingerprint density at radius 1 is 1.08 bits per heavy atom. The minimum atomic E-state index is 0.328. The molecule has 0 amide bonds. The number of rotatable bonds is 8. The highest BCUT2D eigenvalue weighted by atomic mass is 16.1. The summed E-state index contributed by atoms with van der Waals surface area (Å²) in [5.74, 6) is 0.328. The van der Waals surface area contributed by atoms with E-state index in [4.69, 9.17) is 0 Å². The maximum absolute atomic E-state index is 10.6. The fraction of sp³-hybridized carbons (Fsp3) is 0.750. The largest absolute Gasteiger partial charge is 0.300 e. The van der Waals surface area contributed by atoms with Crippen molar-refractivity contribution >= 4 is 5.78 Å². The lowest BCUT2D eigenvalue weighted by atomic mass is 10.1. The molecule has 0 spiro atoms. The van der Waals surface area contributed by atoms with Crippen LogP contribution < -0.4 is 0 Å². The van der Waals surface area contributed by atoms with Gasteiger partial charge in [-0.1, -0.05) is 31.4 Å². The van der Waals surface area contributed by atoms with Gasteiger partial charge in [-0.25, -0.2) is 0 Å². The average Bonchev–Trinajstić information content (AvgIpc) is 2.09. The van der Waals surface area contributed by atoms with Crippen molar-refractivity contribution in [2.24, 2.45) is 0 Å². The Labute approximate surface area is 82.2 Å². The molecule has 0 aliphatic heterocycles. The van der Waals surface area contributed by atoms with Gasteiger partial charge in [0.25, 0.3) is 0 Å². The van der Waals surface area contributed by atoms with Crippen molar-refractivity contribution in [3.05, 3.63) is 12.2 Å². The molecule has 0 aromatic rings. The summed E-state index contributed by atoms with van der Waals surface area (Å²) in [6.07, 6.45) is 12.5. The summed E-state index contributed by atoms with van der Waals surface area (Å²) < 4.78 is 0. The van der Waals surface area contributed by atoms with Gasteiger partial charge in [-0.2, -0.15) is 0 Å². The molecule has 76 valence electrons. The normalized spacial score (nSPS) is 10.9. The van der Waals surface area contributed by atoms with Crippen LogP contribution in [-0.4, -0.2) is 5.78 Å². The van der Waals surface area contributed by atoms with Gasteiger partial charge in [0, 0.05) is 6.42 Å². The smallest absolute Gasteiger partial charge is 0.129 e. The zero-order chi connectivity index (χ0) is 9.94. The summed E-state index contributed by atoms with van der Waals surface area (Å²) in [7, 11) is 0. The Morgan fingerprint density at radius 2 is 1.69 bits per heavy atom. The quantitative estimate of drug-likeness (QED) is 0.411. The number of hydrogen-bond acceptors (Lipinski definition) is 1. The lowest BCUT2D eigenvalue weighted by Crippen LogP contribution is -1.89. The molecule has 0 bridgehead atoms. The molecule has 0 aromatic heterocycles. The molecule has 0 aromatic carbocycles. The minimum Gasteiger partial charge on any atom is -0.300 e. The summed E-state index contributed by atoms with van der Waals surface area (Å²) in [6.45, 7) is 3.74. The molecule has 1 heteroatoms. The summed E-state index contributed by atoms with van der Waals surface area (Å²) >= 11 is 0. The van der Waals surface area contributed by atoms with Gasteiger partial charge in [0.15, 0.2) is 0 Å². The molecule has 0 aliphatic rings. The number of Topliss-reactive ketones (excluding diaryl/α,β-unsaturated/α-hetero) is 1. The van der Waals surface area contributed by atoms with E-state index in [2.05, 4.69) is 19.1 Å². The van der Waals surface area contributed by atoms with E-state index in [1.807, 2.05) is 0 Å². The minimum absolute atomic E-state index is 0.328. The van der Waals surface area contributed by atoms with E-state index in [-0.39, 0.29) is 0 Å². The van der Waals surface area contributed by atoms with Gasteiger partial charge in [-0.05, 0) is 33.1 Å². The molecule has 0 rings (SSSR count). The van der Waals surface area contributed by atoms with E-state index >= 15 is 0 Å². The Kier molecular flexibility index (Phi) is 9.07. The molecule has 0 unspecified atom stereocenters.